The van der Waals surface area contributed by atoms with Crippen molar-refractivity contribution in [2.24, 2.45) is 0 Å². The molecule has 3 heteroatoms. The van der Waals surface area contributed by atoms with E-state index in [9.17, 15) is 0 Å². The van der Waals surface area contributed by atoms with Gasteiger partial charge in [-0.1, -0.05) is 66.7 Å². The quantitative estimate of drug-likeness (QED) is 0.257. The van der Waals surface area contributed by atoms with E-state index >= 15 is 0 Å². The Hall–Kier alpha value is -4.11. The molecule has 6 rings (SSSR count). The third kappa shape index (κ3) is 3.41. The first-order chi connectivity index (χ1) is 16.5. The van der Waals surface area contributed by atoms with Crippen molar-refractivity contribution >= 4 is 44.0 Å². The minimum absolute atomic E-state index is 0.182. The molecular formula is C31H26N2O. The van der Waals surface area contributed by atoms with Gasteiger partial charge in [0.15, 0.2) is 5.58 Å². The fourth-order valence-electron chi connectivity index (χ4n) is 4.84. The largest absolute Gasteiger partial charge is 0.434 e. The van der Waals surface area contributed by atoms with Crippen LogP contribution >= 0.6 is 0 Å². The van der Waals surface area contributed by atoms with Crippen LogP contribution in [0, 0.1) is 0 Å². The Morgan fingerprint density at radius 1 is 0.676 bits per heavy atom. The van der Waals surface area contributed by atoms with Crippen molar-refractivity contribution in [1.29, 1.82) is 0 Å². The Kier molecular flexibility index (Phi) is 4.66. The molecular weight excluding hydrogens is 416 g/mol. The zero-order chi connectivity index (χ0) is 23.3. The number of para-hydroxylation sites is 1. The van der Waals surface area contributed by atoms with Gasteiger partial charge in [-0.3, -0.25) is 0 Å². The molecule has 0 fully saturated rings. The lowest BCUT2D eigenvalue weighted by molar-refractivity contribution is 0.554. The minimum atomic E-state index is -0.182. The smallest absolute Gasteiger partial charge is 0.227 e. The maximum Gasteiger partial charge on any atom is 0.227 e. The minimum Gasteiger partial charge on any atom is -0.434 e. The summed E-state index contributed by atoms with van der Waals surface area (Å²) in [5.74, 6) is 0.641. The van der Waals surface area contributed by atoms with E-state index in [0.29, 0.717) is 5.89 Å². The van der Waals surface area contributed by atoms with Gasteiger partial charge in [0.2, 0.25) is 5.89 Å². The molecule has 0 spiro atoms. The van der Waals surface area contributed by atoms with Gasteiger partial charge in [-0.15, -0.1) is 0 Å². The molecule has 3 nitrogen and oxygen atoms in total. The Bertz CT molecular complexity index is 1640. The lowest BCUT2D eigenvalue weighted by Gasteiger charge is -2.37. The first-order valence-corrected chi connectivity index (χ1v) is 11.7. The highest BCUT2D eigenvalue weighted by Gasteiger charge is 2.27. The van der Waals surface area contributed by atoms with Gasteiger partial charge in [0.25, 0.3) is 0 Å². The van der Waals surface area contributed by atoms with Crippen LogP contribution in [0.4, 0.5) is 11.4 Å². The molecule has 166 valence electrons. The normalized spacial score (nSPS) is 12.0. The molecule has 5 aromatic carbocycles. The summed E-state index contributed by atoms with van der Waals surface area (Å²) in [6.07, 6.45) is 0. The maximum absolute atomic E-state index is 6.38. The van der Waals surface area contributed by atoms with Crippen LogP contribution in [0.5, 0.6) is 0 Å². The lowest BCUT2D eigenvalue weighted by Crippen LogP contribution is -2.37. The highest BCUT2D eigenvalue weighted by atomic mass is 16.3. The predicted molar refractivity (Wildman–Crippen MR) is 143 cm³/mol. The topological polar surface area (TPSA) is 29.3 Å². The molecule has 0 unspecified atom stereocenters. The van der Waals surface area contributed by atoms with Crippen molar-refractivity contribution in [3.05, 3.63) is 103 Å². The molecule has 0 aliphatic carbocycles. The summed E-state index contributed by atoms with van der Waals surface area (Å²) in [5, 5.41) is 5.02. The van der Waals surface area contributed by atoms with E-state index in [1.54, 1.807) is 0 Å². The van der Waals surface area contributed by atoms with Gasteiger partial charge in [-0.05, 0) is 78.7 Å². The molecule has 0 saturated carbocycles. The molecule has 1 aromatic heterocycles. The fourth-order valence-corrected chi connectivity index (χ4v) is 4.84. The van der Waals surface area contributed by atoms with E-state index in [-0.39, 0.29) is 5.54 Å². The first-order valence-electron chi connectivity index (χ1n) is 11.7. The van der Waals surface area contributed by atoms with E-state index < -0.39 is 0 Å². The average molecular weight is 443 g/mol. The van der Waals surface area contributed by atoms with Crippen molar-refractivity contribution in [2.45, 2.75) is 26.3 Å². The zero-order valence-electron chi connectivity index (χ0n) is 19.6. The second kappa shape index (κ2) is 7.74. The second-order valence-corrected chi connectivity index (χ2v) is 9.71. The zero-order valence-corrected chi connectivity index (χ0v) is 19.6. The summed E-state index contributed by atoms with van der Waals surface area (Å²) in [4.78, 5) is 7.14. The first kappa shape index (κ1) is 20.5. The van der Waals surface area contributed by atoms with Crippen molar-refractivity contribution in [3.63, 3.8) is 0 Å². The summed E-state index contributed by atoms with van der Waals surface area (Å²) in [7, 11) is 0. The second-order valence-electron chi connectivity index (χ2n) is 9.71. The Morgan fingerprint density at radius 3 is 2.24 bits per heavy atom. The number of fused-ring (bicyclic) bond motifs is 4. The van der Waals surface area contributed by atoms with Crippen LogP contribution in [0.25, 0.3) is 44.1 Å². The number of anilines is 2. The SMILES string of the molecule is CC(C)(C)N(c1ccc2c(ccc3ccccc32)c1)c1cccc2nc(-c3ccccc3)oc12. The predicted octanol–water partition coefficient (Wildman–Crippen LogP) is 8.74. The van der Waals surface area contributed by atoms with E-state index in [1.807, 2.05) is 36.4 Å². The van der Waals surface area contributed by atoms with Gasteiger partial charge in [0.1, 0.15) is 5.52 Å². The number of aromatic nitrogens is 1. The number of oxazole rings is 1. The maximum atomic E-state index is 6.38. The van der Waals surface area contributed by atoms with E-state index in [0.717, 1.165) is 28.0 Å². The summed E-state index contributed by atoms with van der Waals surface area (Å²) in [5.41, 5.74) is 4.59. The van der Waals surface area contributed by atoms with Crippen molar-refractivity contribution in [1.82, 2.24) is 4.98 Å². The van der Waals surface area contributed by atoms with Crippen LogP contribution in [0.15, 0.2) is 108 Å². The van der Waals surface area contributed by atoms with Gasteiger partial charge in [0, 0.05) is 16.8 Å². The summed E-state index contributed by atoms with van der Waals surface area (Å²) in [6.45, 7) is 6.68. The molecule has 0 saturated heterocycles. The molecule has 1 heterocycles. The van der Waals surface area contributed by atoms with Gasteiger partial charge < -0.3 is 9.32 Å². The third-order valence-electron chi connectivity index (χ3n) is 6.31. The highest BCUT2D eigenvalue weighted by molar-refractivity contribution is 6.08. The Labute approximate surface area is 199 Å². The molecule has 0 aliphatic heterocycles. The van der Waals surface area contributed by atoms with Crippen LogP contribution in [0.3, 0.4) is 0 Å². The van der Waals surface area contributed by atoms with Crippen LogP contribution < -0.4 is 4.90 Å². The number of hydrogen-bond acceptors (Lipinski definition) is 3. The molecule has 0 bridgehead atoms. The number of nitrogens with zero attached hydrogens (tertiary/aromatic N) is 2. The van der Waals surface area contributed by atoms with Crippen molar-refractivity contribution in [2.75, 3.05) is 4.90 Å². The molecule has 0 aliphatic rings. The summed E-state index contributed by atoms with van der Waals surface area (Å²) < 4.78 is 6.38. The monoisotopic (exact) mass is 442 g/mol. The van der Waals surface area contributed by atoms with Crippen LogP contribution in [0.2, 0.25) is 0 Å². The van der Waals surface area contributed by atoms with Crippen LogP contribution in [0.1, 0.15) is 20.8 Å². The Balaban J connectivity index is 1.54. The van der Waals surface area contributed by atoms with E-state index in [4.69, 9.17) is 9.40 Å². The standard InChI is InChI=1S/C31H26N2O/c1-31(2,3)33(24-18-19-26-23(20-24)17-16-21-10-7-8-13-25(21)26)28-15-9-14-27-29(28)34-30(32-27)22-11-5-4-6-12-22/h4-20H,1-3H3. The van der Waals surface area contributed by atoms with E-state index in [2.05, 4.69) is 92.4 Å². The molecule has 0 atom stereocenters. The number of benzene rings is 5. The third-order valence-corrected chi connectivity index (χ3v) is 6.31. The average Bonchev–Trinajstić information content (AvgIpc) is 3.29. The summed E-state index contributed by atoms with van der Waals surface area (Å²) in [6, 6.07) is 36.0. The molecule has 0 N–H and O–H groups in total. The number of hydrogen-bond donors (Lipinski definition) is 0. The fraction of sp³-hybridized carbons (Fsp3) is 0.129. The molecule has 0 amide bonds. The van der Waals surface area contributed by atoms with Gasteiger partial charge in [-0.2, -0.15) is 0 Å². The molecule has 0 radical (unpaired) electrons. The van der Waals surface area contributed by atoms with Crippen molar-refractivity contribution in [3.8, 4) is 11.5 Å². The van der Waals surface area contributed by atoms with Gasteiger partial charge in [0.05, 0.1) is 5.69 Å². The van der Waals surface area contributed by atoms with Crippen molar-refractivity contribution < 1.29 is 4.42 Å². The van der Waals surface area contributed by atoms with E-state index in [1.165, 1.54) is 21.5 Å². The molecule has 34 heavy (non-hydrogen) atoms. The lowest BCUT2D eigenvalue weighted by atomic mass is 9.98. The number of rotatable bonds is 3. The van der Waals surface area contributed by atoms with Gasteiger partial charge in [-0.25, -0.2) is 4.98 Å². The highest BCUT2D eigenvalue weighted by Crippen LogP contribution is 2.40. The Morgan fingerprint density at radius 2 is 1.41 bits per heavy atom. The van der Waals surface area contributed by atoms with Crippen LogP contribution in [-0.4, -0.2) is 10.5 Å². The van der Waals surface area contributed by atoms with Gasteiger partial charge >= 0.3 is 0 Å². The summed E-state index contributed by atoms with van der Waals surface area (Å²) >= 11 is 0. The molecule has 6 aromatic rings. The van der Waals surface area contributed by atoms with Crippen LogP contribution in [-0.2, 0) is 0 Å².